The standard InChI is InChI=1S/C14H20N2/c15-13-5-4-11-9-14(10-12(11)8-13)16-6-2-1-3-7-16/h4-5,8,14H,1-3,6-7,9-10,15H2/t14-/m1/s1. The van der Waals surface area contributed by atoms with Crippen molar-refractivity contribution in [3.05, 3.63) is 29.3 Å². The van der Waals surface area contributed by atoms with Crippen molar-refractivity contribution >= 4 is 5.69 Å². The highest BCUT2D eigenvalue weighted by molar-refractivity contribution is 5.47. The smallest absolute Gasteiger partial charge is 0.0316 e. The van der Waals surface area contributed by atoms with Gasteiger partial charge in [0, 0.05) is 11.7 Å². The predicted octanol–water partition coefficient (Wildman–Crippen LogP) is 2.22. The van der Waals surface area contributed by atoms with E-state index in [4.69, 9.17) is 5.73 Å². The van der Waals surface area contributed by atoms with Crippen LogP contribution in [-0.2, 0) is 12.8 Å². The van der Waals surface area contributed by atoms with Crippen LogP contribution < -0.4 is 5.73 Å². The highest BCUT2D eigenvalue weighted by Gasteiger charge is 2.27. The lowest BCUT2D eigenvalue weighted by molar-refractivity contribution is 0.168. The maximum Gasteiger partial charge on any atom is 0.0316 e. The number of benzene rings is 1. The Bertz CT molecular complexity index is 380. The molecule has 1 fully saturated rings. The topological polar surface area (TPSA) is 29.3 Å². The Hall–Kier alpha value is -1.02. The largest absolute Gasteiger partial charge is 0.399 e. The van der Waals surface area contributed by atoms with Crippen molar-refractivity contribution < 1.29 is 0 Å². The van der Waals surface area contributed by atoms with E-state index in [0.29, 0.717) is 0 Å². The molecule has 2 aliphatic rings. The summed E-state index contributed by atoms with van der Waals surface area (Å²) >= 11 is 0. The first-order valence-electron chi connectivity index (χ1n) is 6.44. The number of nitrogen functional groups attached to an aromatic ring is 1. The van der Waals surface area contributed by atoms with Gasteiger partial charge in [-0.15, -0.1) is 0 Å². The van der Waals surface area contributed by atoms with Gasteiger partial charge < -0.3 is 5.73 Å². The monoisotopic (exact) mass is 216 g/mol. The van der Waals surface area contributed by atoms with E-state index in [1.54, 1.807) is 0 Å². The Labute approximate surface area is 97.4 Å². The molecule has 0 bridgehead atoms. The van der Waals surface area contributed by atoms with Crippen molar-refractivity contribution in [2.75, 3.05) is 18.8 Å². The van der Waals surface area contributed by atoms with Crippen molar-refractivity contribution in [1.82, 2.24) is 4.90 Å². The van der Waals surface area contributed by atoms with E-state index in [-0.39, 0.29) is 0 Å². The molecule has 1 atom stereocenters. The van der Waals surface area contributed by atoms with E-state index < -0.39 is 0 Å². The third kappa shape index (κ3) is 1.82. The van der Waals surface area contributed by atoms with Crippen LogP contribution in [0.1, 0.15) is 30.4 Å². The van der Waals surface area contributed by atoms with Crippen LogP contribution in [0.15, 0.2) is 18.2 Å². The third-order valence-electron chi connectivity index (χ3n) is 4.05. The maximum atomic E-state index is 5.84. The highest BCUT2D eigenvalue weighted by Crippen LogP contribution is 2.28. The molecule has 0 unspecified atom stereocenters. The van der Waals surface area contributed by atoms with E-state index >= 15 is 0 Å². The van der Waals surface area contributed by atoms with Crippen molar-refractivity contribution in [2.45, 2.75) is 38.1 Å². The van der Waals surface area contributed by atoms with Crippen molar-refractivity contribution in [1.29, 1.82) is 0 Å². The lowest BCUT2D eigenvalue weighted by atomic mass is 10.1. The second-order valence-corrected chi connectivity index (χ2v) is 5.19. The van der Waals surface area contributed by atoms with Gasteiger partial charge >= 0.3 is 0 Å². The second-order valence-electron chi connectivity index (χ2n) is 5.19. The number of likely N-dealkylation sites (tertiary alicyclic amines) is 1. The van der Waals surface area contributed by atoms with E-state index in [0.717, 1.165) is 11.7 Å². The summed E-state index contributed by atoms with van der Waals surface area (Å²) in [7, 11) is 0. The molecular formula is C14H20N2. The zero-order chi connectivity index (χ0) is 11.0. The zero-order valence-electron chi connectivity index (χ0n) is 9.78. The van der Waals surface area contributed by atoms with Gasteiger partial charge in [0.1, 0.15) is 0 Å². The van der Waals surface area contributed by atoms with Crippen LogP contribution in [0, 0.1) is 0 Å². The van der Waals surface area contributed by atoms with Gasteiger partial charge in [-0.1, -0.05) is 12.5 Å². The molecule has 2 heteroatoms. The fourth-order valence-electron chi connectivity index (χ4n) is 3.16. The summed E-state index contributed by atoms with van der Waals surface area (Å²) in [6.07, 6.45) is 6.63. The molecule has 16 heavy (non-hydrogen) atoms. The van der Waals surface area contributed by atoms with Gasteiger partial charge in [-0.25, -0.2) is 0 Å². The molecule has 0 spiro atoms. The maximum absolute atomic E-state index is 5.84. The first-order chi connectivity index (χ1) is 7.83. The minimum absolute atomic E-state index is 0.747. The Morgan fingerprint density at radius 1 is 1.00 bits per heavy atom. The van der Waals surface area contributed by atoms with Gasteiger partial charge in [-0.3, -0.25) is 4.90 Å². The molecule has 2 nitrogen and oxygen atoms in total. The molecule has 1 aromatic carbocycles. The number of nitrogens with zero attached hydrogens (tertiary/aromatic N) is 1. The molecule has 2 N–H and O–H groups in total. The van der Waals surface area contributed by atoms with Gasteiger partial charge in [-0.05, 0) is 62.0 Å². The molecule has 0 saturated carbocycles. The minimum Gasteiger partial charge on any atom is -0.399 e. The lowest BCUT2D eigenvalue weighted by Crippen LogP contribution is -2.39. The Morgan fingerprint density at radius 3 is 2.56 bits per heavy atom. The molecule has 1 aromatic rings. The molecule has 1 aliphatic carbocycles. The summed E-state index contributed by atoms with van der Waals surface area (Å²) in [5, 5.41) is 0. The molecule has 0 radical (unpaired) electrons. The number of hydrogen-bond donors (Lipinski definition) is 1. The molecule has 3 rings (SSSR count). The Kier molecular flexibility index (Phi) is 2.60. The molecule has 0 amide bonds. The first kappa shape index (κ1) is 10.2. The summed E-state index contributed by atoms with van der Waals surface area (Å²) in [6, 6.07) is 7.17. The van der Waals surface area contributed by atoms with Crippen LogP contribution in [-0.4, -0.2) is 24.0 Å². The lowest BCUT2D eigenvalue weighted by Gasteiger charge is -2.32. The van der Waals surface area contributed by atoms with Gasteiger partial charge in [0.25, 0.3) is 0 Å². The average Bonchev–Trinajstić information content (AvgIpc) is 2.73. The van der Waals surface area contributed by atoms with Crippen molar-refractivity contribution in [3.8, 4) is 0 Å². The fourth-order valence-corrected chi connectivity index (χ4v) is 3.16. The number of piperidine rings is 1. The van der Waals surface area contributed by atoms with Crippen LogP contribution >= 0.6 is 0 Å². The normalized spacial score (nSPS) is 25.6. The number of hydrogen-bond acceptors (Lipinski definition) is 2. The quantitative estimate of drug-likeness (QED) is 0.729. The molecule has 1 heterocycles. The first-order valence-corrected chi connectivity index (χ1v) is 6.44. The summed E-state index contributed by atoms with van der Waals surface area (Å²) < 4.78 is 0. The van der Waals surface area contributed by atoms with Crippen molar-refractivity contribution in [2.24, 2.45) is 0 Å². The molecule has 1 saturated heterocycles. The zero-order valence-corrected chi connectivity index (χ0v) is 9.78. The summed E-state index contributed by atoms with van der Waals surface area (Å²) in [6.45, 7) is 2.60. The van der Waals surface area contributed by atoms with Crippen LogP contribution in [0.2, 0.25) is 0 Å². The van der Waals surface area contributed by atoms with Crippen LogP contribution in [0.5, 0.6) is 0 Å². The van der Waals surface area contributed by atoms with Crippen LogP contribution in [0.25, 0.3) is 0 Å². The Balaban J connectivity index is 1.74. The molecule has 1 aliphatic heterocycles. The fraction of sp³-hybridized carbons (Fsp3) is 0.571. The molecule has 0 aromatic heterocycles. The number of rotatable bonds is 1. The summed E-state index contributed by atoms with van der Waals surface area (Å²) in [5.74, 6) is 0. The number of fused-ring (bicyclic) bond motifs is 1. The van der Waals surface area contributed by atoms with Crippen molar-refractivity contribution in [3.63, 3.8) is 0 Å². The van der Waals surface area contributed by atoms with Gasteiger partial charge in [0.15, 0.2) is 0 Å². The number of anilines is 1. The Morgan fingerprint density at radius 2 is 1.75 bits per heavy atom. The third-order valence-corrected chi connectivity index (χ3v) is 4.05. The van der Waals surface area contributed by atoms with E-state index in [2.05, 4.69) is 17.0 Å². The number of nitrogens with two attached hydrogens (primary N) is 1. The van der Waals surface area contributed by atoms with Crippen LogP contribution in [0.3, 0.4) is 0 Å². The van der Waals surface area contributed by atoms with E-state index in [1.807, 2.05) is 6.07 Å². The van der Waals surface area contributed by atoms with Crippen LogP contribution in [0.4, 0.5) is 5.69 Å². The molecule has 86 valence electrons. The summed E-state index contributed by atoms with van der Waals surface area (Å²) in [4.78, 5) is 2.68. The van der Waals surface area contributed by atoms with E-state index in [9.17, 15) is 0 Å². The minimum atomic E-state index is 0.747. The SMILES string of the molecule is Nc1ccc2c(c1)C[C@H](N1CCCCC1)C2. The predicted molar refractivity (Wildman–Crippen MR) is 67.5 cm³/mol. The van der Waals surface area contributed by atoms with E-state index in [1.165, 1.54) is 56.3 Å². The average molecular weight is 216 g/mol. The van der Waals surface area contributed by atoms with Gasteiger partial charge in [0.05, 0.1) is 0 Å². The second kappa shape index (κ2) is 4.10. The molecular weight excluding hydrogens is 196 g/mol. The van der Waals surface area contributed by atoms with Gasteiger partial charge in [0.2, 0.25) is 0 Å². The summed E-state index contributed by atoms with van der Waals surface area (Å²) in [5.41, 5.74) is 9.76. The highest BCUT2D eigenvalue weighted by atomic mass is 15.2. The van der Waals surface area contributed by atoms with Gasteiger partial charge in [-0.2, -0.15) is 0 Å².